The van der Waals surface area contributed by atoms with Crippen LogP contribution in [0.2, 0.25) is 10.0 Å². The van der Waals surface area contributed by atoms with Crippen LogP contribution in [-0.2, 0) is 29.2 Å². The highest BCUT2D eigenvalue weighted by molar-refractivity contribution is 14.1. The van der Waals surface area contributed by atoms with Crippen molar-refractivity contribution in [2.45, 2.75) is 32.5 Å². The molecule has 0 unspecified atom stereocenters. The van der Waals surface area contributed by atoms with Crippen LogP contribution in [0.5, 0.6) is 5.75 Å². The van der Waals surface area contributed by atoms with E-state index in [0.717, 1.165) is 35.0 Å². The summed E-state index contributed by atoms with van der Waals surface area (Å²) in [7, 11) is 0. The number of halogens is 4. The maximum atomic E-state index is 13.1. The average Bonchev–Trinajstić information content (AvgIpc) is 2.83. The molecule has 186 valence electrons. The third-order valence-electron chi connectivity index (χ3n) is 5.94. The van der Waals surface area contributed by atoms with Gasteiger partial charge >= 0.3 is 5.97 Å². The van der Waals surface area contributed by atoms with E-state index in [-0.39, 0.29) is 25.5 Å². The van der Waals surface area contributed by atoms with Gasteiger partial charge in [-0.3, -0.25) is 4.79 Å². The second kappa shape index (κ2) is 11.7. The Bertz CT molecular complexity index is 1360. The topological polar surface area (TPSA) is 66.8 Å². The van der Waals surface area contributed by atoms with Crippen LogP contribution in [0, 0.1) is 14.1 Å². The van der Waals surface area contributed by atoms with Crippen molar-refractivity contribution in [2.75, 3.05) is 0 Å². The molecule has 4 rings (SSSR count). The summed E-state index contributed by atoms with van der Waals surface area (Å²) in [6, 6.07) is 14.0. The summed E-state index contributed by atoms with van der Waals surface area (Å²) in [4.78, 5) is 26.6. The number of hydrogen-bond acceptors (Lipinski definition) is 3. The molecule has 36 heavy (non-hydrogen) atoms. The molecular formula is C27H21Cl2I2NO4. The van der Waals surface area contributed by atoms with Crippen molar-refractivity contribution in [3.05, 3.63) is 99.6 Å². The van der Waals surface area contributed by atoms with E-state index in [1.807, 2.05) is 43.3 Å². The van der Waals surface area contributed by atoms with Crippen LogP contribution in [0.3, 0.4) is 0 Å². The molecule has 9 heteroatoms. The predicted molar refractivity (Wildman–Crippen MR) is 159 cm³/mol. The lowest BCUT2D eigenvalue weighted by Crippen LogP contribution is -2.48. The average molecular weight is 748 g/mol. The number of carboxylic acids is 1. The number of aliphatic carboxylic acids is 1. The van der Waals surface area contributed by atoms with Crippen LogP contribution in [0.4, 0.5) is 0 Å². The minimum Gasteiger partial charge on any atom is -0.487 e. The van der Waals surface area contributed by atoms with Crippen molar-refractivity contribution in [3.63, 3.8) is 0 Å². The van der Waals surface area contributed by atoms with Crippen molar-refractivity contribution in [1.82, 2.24) is 4.90 Å². The van der Waals surface area contributed by atoms with Crippen molar-refractivity contribution >= 4 is 86.3 Å². The Hall–Kier alpha value is -1.82. The summed E-state index contributed by atoms with van der Waals surface area (Å²) in [5.74, 6) is -0.698. The third kappa shape index (κ3) is 6.17. The molecular weight excluding hydrogens is 727 g/mol. The zero-order valence-electron chi connectivity index (χ0n) is 19.1. The molecule has 0 saturated heterocycles. The summed E-state index contributed by atoms with van der Waals surface area (Å²) in [6.07, 6.45) is 3.37. The lowest BCUT2D eigenvalue weighted by atomic mass is 9.93. The Kier molecular flexibility index (Phi) is 8.85. The summed E-state index contributed by atoms with van der Waals surface area (Å²) in [5, 5.41) is 11.0. The fourth-order valence-corrected chi connectivity index (χ4v) is 6.70. The van der Waals surface area contributed by atoms with E-state index in [1.54, 1.807) is 18.2 Å². The van der Waals surface area contributed by atoms with Crippen LogP contribution < -0.4 is 4.74 Å². The summed E-state index contributed by atoms with van der Waals surface area (Å²) in [5.41, 5.74) is 4.59. The van der Waals surface area contributed by atoms with Crippen LogP contribution in [0.1, 0.15) is 27.8 Å². The Morgan fingerprint density at radius 3 is 2.53 bits per heavy atom. The molecule has 0 spiro atoms. The quantitative estimate of drug-likeness (QED) is 0.215. The molecule has 1 heterocycles. The van der Waals surface area contributed by atoms with Gasteiger partial charge in [-0.2, -0.15) is 0 Å². The number of amides is 1. The van der Waals surface area contributed by atoms with Crippen LogP contribution in [0.25, 0.3) is 6.08 Å². The minimum absolute atomic E-state index is 0.177. The van der Waals surface area contributed by atoms with Crippen molar-refractivity contribution < 1.29 is 19.4 Å². The normalized spacial score (nSPS) is 15.1. The number of ether oxygens (including phenoxy) is 1. The smallest absolute Gasteiger partial charge is 0.326 e. The molecule has 3 aromatic carbocycles. The predicted octanol–water partition coefficient (Wildman–Crippen LogP) is 7.14. The second-order valence-corrected chi connectivity index (χ2v) is 11.5. The number of carboxylic acid groups (broad SMARTS) is 1. The molecule has 0 radical (unpaired) electrons. The van der Waals surface area contributed by atoms with E-state index >= 15 is 0 Å². The first-order valence-corrected chi connectivity index (χ1v) is 13.9. The van der Waals surface area contributed by atoms with E-state index in [9.17, 15) is 14.7 Å². The number of carbonyl (C=O) groups is 2. The van der Waals surface area contributed by atoms with E-state index in [4.69, 9.17) is 27.9 Å². The number of carbonyl (C=O) groups excluding carboxylic acids is 1. The molecule has 0 saturated carbocycles. The summed E-state index contributed by atoms with van der Waals surface area (Å²) >= 11 is 16.7. The van der Waals surface area contributed by atoms with Crippen LogP contribution >= 0.6 is 68.4 Å². The lowest BCUT2D eigenvalue weighted by molar-refractivity contribution is -0.149. The van der Waals surface area contributed by atoms with Crippen LogP contribution in [0.15, 0.2) is 54.6 Å². The monoisotopic (exact) mass is 747 g/mol. The van der Waals surface area contributed by atoms with Gasteiger partial charge in [-0.05, 0) is 93.1 Å². The molecule has 3 aromatic rings. The Labute approximate surface area is 246 Å². The van der Waals surface area contributed by atoms with Gasteiger partial charge in [0, 0.05) is 34.7 Å². The molecule has 1 amide bonds. The molecule has 0 aromatic heterocycles. The highest BCUT2D eigenvalue weighted by atomic mass is 127. The largest absolute Gasteiger partial charge is 0.487 e. The number of benzene rings is 3. The lowest BCUT2D eigenvalue weighted by Gasteiger charge is -2.35. The summed E-state index contributed by atoms with van der Waals surface area (Å²) < 4.78 is 7.86. The number of fused-ring (bicyclic) bond motifs is 1. The van der Waals surface area contributed by atoms with Gasteiger partial charge < -0.3 is 14.7 Å². The van der Waals surface area contributed by atoms with Gasteiger partial charge in [0.15, 0.2) is 0 Å². The highest BCUT2D eigenvalue weighted by Gasteiger charge is 2.35. The van der Waals surface area contributed by atoms with Gasteiger partial charge in [0.1, 0.15) is 18.4 Å². The van der Waals surface area contributed by atoms with Crippen molar-refractivity contribution in [3.8, 4) is 5.75 Å². The van der Waals surface area contributed by atoms with Gasteiger partial charge in [-0.1, -0.05) is 59.1 Å². The van der Waals surface area contributed by atoms with E-state index in [0.29, 0.717) is 15.8 Å². The standard InChI is InChI=1S/C27H21Cl2I2NO4/c1-15-2-4-16(5-3-15)6-9-24(33)32-13-20-18(11-23(32)27(34)35)10-22(30)26(25(20)31)36-14-17-7-8-19(28)12-21(17)29/h2-10,12,23H,11,13-14H2,1H3,(H,34,35)/b9-6+/t23-/m0/s1. The molecule has 1 aliphatic rings. The van der Waals surface area contributed by atoms with Gasteiger partial charge in [0.2, 0.25) is 5.91 Å². The SMILES string of the molecule is Cc1ccc(/C=C/C(=O)N2Cc3c(cc(I)c(OCc4ccc(Cl)cc4Cl)c3I)C[C@H]2C(=O)O)cc1. The first-order chi connectivity index (χ1) is 17.1. The van der Waals surface area contributed by atoms with E-state index in [1.165, 1.54) is 11.0 Å². The maximum absolute atomic E-state index is 13.1. The second-order valence-electron chi connectivity index (χ2n) is 8.43. The van der Waals surface area contributed by atoms with Gasteiger partial charge in [0.25, 0.3) is 0 Å². The zero-order valence-corrected chi connectivity index (χ0v) is 24.9. The number of hydrogen-bond donors (Lipinski definition) is 1. The highest BCUT2D eigenvalue weighted by Crippen LogP contribution is 2.38. The molecule has 0 aliphatic carbocycles. The fraction of sp³-hybridized carbons (Fsp3) is 0.185. The Morgan fingerprint density at radius 1 is 1.14 bits per heavy atom. The first kappa shape index (κ1) is 27.2. The first-order valence-electron chi connectivity index (χ1n) is 11.0. The zero-order chi connectivity index (χ0) is 26.0. The molecule has 1 atom stereocenters. The van der Waals surface area contributed by atoms with Crippen molar-refractivity contribution in [1.29, 1.82) is 0 Å². The van der Waals surface area contributed by atoms with Crippen molar-refractivity contribution in [2.24, 2.45) is 0 Å². The number of aryl methyl sites for hydroxylation is 1. The Balaban J connectivity index is 1.60. The molecule has 1 aliphatic heterocycles. The Morgan fingerprint density at radius 2 is 1.86 bits per heavy atom. The van der Waals surface area contributed by atoms with E-state index < -0.39 is 12.0 Å². The van der Waals surface area contributed by atoms with Gasteiger partial charge in [-0.25, -0.2) is 4.79 Å². The molecule has 0 bridgehead atoms. The number of nitrogens with zero attached hydrogens (tertiary/aromatic N) is 1. The van der Waals surface area contributed by atoms with Gasteiger partial charge in [0.05, 0.1) is 7.14 Å². The fourth-order valence-electron chi connectivity index (χ4n) is 3.95. The van der Waals surface area contributed by atoms with E-state index in [2.05, 4.69) is 45.2 Å². The minimum atomic E-state index is -1.03. The third-order valence-corrected chi connectivity index (χ3v) is 8.47. The number of rotatable bonds is 6. The van der Waals surface area contributed by atoms with Gasteiger partial charge in [-0.15, -0.1) is 0 Å². The maximum Gasteiger partial charge on any atom is 0.326 e. The van der Waals surface area contributed by atoms with Crippen LogP contribution in [-0.4, -0.2) is 27.9 Å². The summed E-state index contributed by atoms with van der Waals surface area (Å²) in [6.45, 7) is 2.42. The molecule has 1 N–H and O–H groups in total. The molecule has 0 fully saturated rings. The molecule has 5 nitrogen and oxygen atoms in total.